The largest absolute Gasteiger partial charge is 0.481 e. The molecule has 0 unspecified atom stereocenters. The standard InChI is InChI=1S/C11H18N2O5S/c1-7-10(8(2)18-12-7)19(16,17)13-11(3,4)6-5-9(14)15/h13H,5-6H2,1-4H3,(H,14,15). The second-order valence-corrected chi connectivity index (χ2v) is 6.66. The van der Waals surface area contributed by atoms with Crippen LogP contribution in [0.15, 0.2) is 9.42 Å². The highest BCUT2D eigenvalue weighted by Gasteiger charge is 2.31. The maximum Gasteiger partial charge on any atom is 0.303 e. The van der Waals surface area contributed by atoms with Crippen LogP contribution in [0.3, 0.4) is 0 Å². The molecular formula is C11H18N2O5S. The van der Waals surface area contributed by atoms with Gasteiger partial charge in [-0.3, -0.25) is 4.79 Å². The van der Waals surface area contributed by atoms with Crippen LogP contribution >= 0.6 is 0 Å². The number of sulfonamides is 1. The average Bonchev–Trinajstić information content (AvgIpc) is 2.54. The maximum atomic E-state index is 12.2. The van der Waals surface area contributed by atoms with Crippen molar-refractivity contribution in [3.05, 3.63) is 11.5 Å². The minimum absolute atomic E-state index is 0.0101. The molecule has 0 aliphatic carbocycles. The van der Waals surface area contributed by atoms with E-state index in [1.165, 1.54) is 13.8 Å². The molecule has 0 aliphatic rings. The van der Waals surface area contributed by atoms with Crippen LogP contribution < -0.4 is 4.72 Å². The Morgan fingerprint density at radius 3 is 2.42 bits per heavy atom. The fourth-order valence-electron chi connectivity index (χ4n) is 1.74. The molecule has 108 valence electrons. The van der Waals surface area contributed by atoms with Crippen LogP contribution in [-0.2, 0) is 14.8 Å². The summed E-state index contributed by atoms with van der Waals surface area (Å²) in [6, 6.07) is 0. The van der Waals surface area contributed by atoms with Gasteiger partial charge in [0.1, 0.15) is 10.6 Å². The molecule has 7 nitrogen and oxygen atoms in total. The van der Waals surface area contributed by atoms with E-state index >= 15 is 0 Å². The Hall–Kier alpha value is -1.41. The maximum absolute atomic E-state index is 12.2. The molecule has 0 aromatic carbocycles. The van der Waals surface area contributed by atoms with E-state index in [1.807, 2.05) is 0 Å². The SMILES string of the molecule is Cc1noc(C)c1S(=O)(=O)NC(C)(C)CCC(=O)O. The van der Waals surface area contributed by atoms with E-state index in [-0.39, 0.29) is 29.2 Å². The quantitative estimate of drug-likeness (QED) is 0.815. The fourth-order valence-corrected chi connectivity index (χ4v) is 3.52. The summed E-state index contributed by atoms with van der Waals surface area (Å²) in [7, 11) is -3.78. The zero-order chi connectivity index (χ0) is 14.8. The lowest BCUT2D eigenvalue weighted by Crippen LogP contribution is -2.43. The first kappa shape index (κ1) is 15.6. The van der Waals surface area contributed by atoms with Crippen LogP contribution in [0.2, 0.25) is 0 Å². The molecule has 1 aromatic heterocycles. The van der Waals surface area contributed by atoms with E-state index in [0.717, 1.165) is 0 Å². The summed E-state index contributed by atoms with van der Waals surface area (Å²) < 4.78 is 31.8. The fraction of sp³-hybridized carbons (Fsp3) is 0.636. The topological polar surface area (TPSA) is 110 Å². The molecule has 8 heteroatoms. The van der Waals surface area contributed by atoms with Crippen LogP contribution in [0.4, 0.5) is 0 Å². The molecule has 1 heterocycles. The van der Waals surface area contributed by atoms with Crippen molar-refractivity contribution < 1.29 is 22.8 Å². The van der Waals surface area contributed by atoms with Crippen molar-refractivity contribution >= 4 is 16.0 Å². The summed E-state index contributed by atoms with van der Waals surface area (Å²) in [4.78, 5) is 10.6. The number of hydrogen-bond donors (Lipinski definition) is 2. The summed E-state index contributed by atoms with van der Waals surface area (Å²) in [5.74, 6) is -0.761. The highest BCUT2D eigenvalue weighted by molar-refractivity contribution is 7.89. The van der Waals surface area contributed by atoms with Gasteiger partial charge < -0.3 is 9.63 Å². The Kier molecular flexibility index (Phi) is 4.36. The second-order valence-electron chi connectivity index (χ2n) is 5.04. The summed E-state index contributed by atoms with van der Waals surface area (Å²) in [5.41, 5.74) is -0.591. The Morgan fingerprint density at radius 1 is 1.42 bits per heavy atom. The van der Waals surface area contributed by atoms with E-state index in [2.05, 4.69) is 9.88 Å². The Labute approximate surface area is 112 Å². The third kappa shape index (κ3) is 4.03. The van der Waals surface area contributed by atoms with Gasteiger partial charge in [-0.25, -0.2) is 13.1 Å². The van der Waals surface area contributed by atoms with Gasteiger partial charge in [-0.2, -0.15) is 0 Å². The summed E-state index contributed by atoms with van der Waals surface area (Å²) in [6.07, 6.45) is 0.0715. The lowest BCUT2D eigenvalue weighted by atomic mass is 10.0. The van der Waals surface area contributed by atoms with Crippen LogP contribution in [-0.4, -0.2) is 30.2 Å². The number of nitrogens with one attached hydrogen (secondary N) is 1. The zero-order valence-corrected chi connectivity index (χ0v) is 12.2. The number of hydrogen-bond acceptors (Lipinski definition) is 5. The molecule has 0 spiro atoms. The summed E-state index contributed by atoms with van der Waals surface area (Å²) >= 11 is 0. The average molecular weight is 290 g/mol. The number of carboxylic acid groups (broad SMARTS) is 1. The Morgan fingerprint density at radius 2 is 2.00 bits per heavy atom. The predicted molar refractivity (Wildman–Crippen MR) is 67.2 cm³/mol. The minimum Gasteiger partial charge on any atom is -0.481 e. The van der Waals surface area contributed by atoms with Gasteiger partial charge in [0, 0.05) is 12.0 Å². The van der Waals surface area contributed by atoms with Gasteiger partial charge >= 0.3 is 5.97 Å². The number of carbonyl (C=O) groups is 1. The number of aryl methyl sites for hydroxylation is 2. The third-order valence-corrected chi connectivity index (χ3v) is 4.55. The molecule has 1 aromatic rings. The smallest absolute Gasteiger partial charge is 0.303 e. The van der Waals surface area contributed by atoms with Crippen molar-refractivity contribution in [3.8, 4) is 0 Å². The van der Waals surface area contributed by atoms with Crippen LogP contribution in [0, 0.1) is 13.8 Å². The van der Waals surface area contributed by atoms with E-state index in [1.54, 1.807) is 13.8 Å². The first-order valence-electron chi connectivity index (χ1n) is 5.74. The molecular weight excluding hydrogens is 272 g/mol. The summed E-state index contributed by atoms with van der Waals surface area (Å²) in [6.45, 7) is 6.31. The van der Waals surface area contributed by atoms with Crippen LogP contribution in [0.5, 0.6) is 0 Å². The third-order valence-electron chi connectivity index (χ3n) is 2.61. The van der Waals surface area contributed by atoms with Crippen LogP contribution in [0.25, 0.3) is 0 Å². The monoisotopic (exact) mass is 290 g/mol. The lowest BCUT2D eigenvalue weighted by molar-refractivity contribution is -0.137. The number of nitrogens with zero attached hydrogens (tertiary/aromatic N) is 1. The van der Waals surface area contributed by atoms with Gasteiger partial charge in [0.2, 0.25) is 10.0 Å². The molecule has 0 radical (unpaired) electrons. The van der Waals surface area contributed by atoms with E-state index in [4.69, 9.17) is 9.63 Å². The second kappa shape index (κ2) is 5.30. The van der Waals surface area contributed by atoms with Gasteiger partial charge in [0.15, 0.2) is 5.76 Å². The number of aromatic nitrogens is 1. The molecule has 0 fully saturated rings. The predicted octanol–water partition coefficient (Wildman–Crippen LogP) is 1.21. The molecule has 0 aliphatic heterocycles. The van der Waals surface area contributed by atoms with Crippen molar-refractivity contribution in [2.24, 2.45) is 0 Å². The molecule has 2 N–H and O–H groups in total. The van der Waals surface area contributed by atoms with E-state index in [0.29, 0.717) is 0 Å². The Balaban J connectivity index is 2.94. The van der Waals surface area contributed by atoms with Crippen molar-refractivity contribution in [3.63, 3.8) is 0 Å². The molecule has 0 saturated carbocycles. The van der Waals surface area contributed by atoms with Crippen molar-refractivity contribution in [2.75, 3.05) is 0 Å². The van der Waals surface area contributed by atoms with Gasteiger partial charge in [-0.15, -0.1) is 0 Å². The minimum atomic E-state index is -3.78. The van der Waals surface area contributed by atoms with Gasteiger partial charge in [0.25, 0.3) is 0 Å². The highest BCUT2D eigenvalue weighted by Crippen LogP contribution is 2.22. The molecule has 0 amide bonds. The Bertz CT molecular complexity index is 554. The van der Waals surface area contributed by atoms with Gasteiger partial charge in [0.05, 0.1) is 0 Å². The molecule has 0 saturated heterocycles. The molecule has 19 heavy (non-hydrogen) atoms. The number of rotatable bonds is 6. The molecule has 0 bridgehead atoms. The lowest BCUT2D eigenvalue weighted by Gasteiger charge is -2.25. The van der Waals surface area contributed by atoms with Crippen molar-refractivity contribution in [1.29, 1.82) is 0 Å². The first-order chi connectivity index (χ1) is 8.55. The zero-order valence-electron chi connectivity index (χ0n) is 11.3. The number of carboxylic acids is 1. The highest BCUT2D eigenvalue weighted by atomic mass is 32.2. The van der Waals surface area contributed by atoms with Crippen LogP contribution in [0.1, 0.15) is 38.1 Å². The van der Waals surface area contributed by atoms with E-state index in [9.17, 15) is 13.2 Å². The van der Waals surface area contributed by atoms with Crippen molar-refractivity contribution in [2.45, 2.75) is 51.0 Å². The van der Waals surface area contributed by atoms with Gasteiger partial charge in [-0.05, 0) is 34.1 Å². The molecule has 0 atom stereocenters. The van der Waals surface area contributed by atoms with E-state index < -0.39 is 21.5 Å². The summed E-state index contributed by atoms with van der Waals surface area (Å²) in [5, 5.41) is 12.2. The van der Waals surface area contributed by atoms with Crippen molar-refractivity contribution in [1.82, 2.24) is 9.88 Å². The first-order valence-corrected chi connectivity index (χ1v) is 7.22. The number of aliphatic carboxylic acids is 1. The normalized spacial score (nSPS) is 12.6. The van der Waals surface area contributed by atoms with Gasteiger partial charge in [-0.1, -0.05) is 5.16 Å². The molecule has 1 rings (SSSR count).